The molecular weight excluding hydrogens is 246 g/mol. The van der Waals surface area contributed by atoms with Crippen molar-refractivity contribution in [2.24, 2.45) is 5.73 Å². The molecule has 6 heteroatoms. The average molecular weight is 265 g/mol. The SMILES string of the molecule is CNc1ccc(C(=O)NCCOCC(N)=O)c(C)c1. The highest BCUT2D eigenvalue weighted by Crippen LogP contribution is 2.14. The number of anilines is 1. The zero-order valence-electron chi connectivity index (χ0n) is 11.2. The van der Waals surface area contributed by atoms with Crippen LogP contribution in [0.5, 0.6) is 0 Å². The fourth-order valence-corrected chi connectivity index (χ4v) is 1.58. The van der Waals surface area contributed by atoms with Gasteiger partial charge in [0.1, 0.15) is 6.61 Å². The van der Waals surface area contributed by atoms with Gasteiger partial charge in [-0.2, -0.15) is 0 Å². The summed E-state index contributed by atoms with van der Waals surface area (Å²) in [5.74, 6) is -0.687. The molecule has 0 heterocycles. The van der Waals surface area contributed by atoms with E-state index in [-0.39, 0.29) is 19.1 Å². The molecule has 2 amide bonds. The molecule has 1 aromatic rings. The number of primary amides is 1. The van der Waals surface area contributed by atoms with Crippen LogP contribution in [0, 0.1) is 6.92 Å². The Morgan fingerprint density at radius 2 is 2.11 bits per heavy atom. The minimum atomic E-state index is -0.523. The summed E-state index contributed by atoms with van der Waals surface area (Å²) >= 11 is 0. The van der Waals surface area contributed by atoms with E-state index in [4.69, 9.17) is 10.5 Å². The maximum atomic E-state index is 11.9. The van der Waals surface area contributed by atoms with Gasteiger partial charge in [0.2, 0.25) is 5.91 Å². The Balaban J connectivity index is 2.43. The van der Waals surface area contributed by atoms with Gasteiger partial charge in [0, 0.05) is 24.8 Å². The van der Waals surface area contributed by atoms with Crippen molar-refractivity contribution in [1.29, 1.82) is 0 Å². The maximum Gasteiger partial charge on any atom is 0.251 e. The number of hydrogen-bond donors (Lipinski definition) is 3. The molecule has 6 nitrogen and oxygen atoms in total. The van der Waals surface area contributed by atoms with Crippen LogP contribution < -0.4 is 16.4 Å². The van der Waals surface area contributed by atoms with Gasteiger partial charge < -0.3 is 21.1 Å². The molecule has 0 radical (unpaired) electrons. The molecule has 0 spiro atoms. The standard InChI is InChI=1S/C13H19N3O3/c1-9-7-10(15-2)3-4-11(9)13(18)16-5-6-19-8-12(14)17/h3-4,7,15H,5-6,8H2,1-2H3,(H2,14,17)(H,16,18). The van der Waals surface area contributed by atoms with E-state index >= 15 is 0 Å². The largest absolute Gasteiger partial charge is 0.388 e. The lowest BCUT2D eigenvalue weighted by atomic mass is 10.1. The van der Waals surface area contributed by atoms with Crippen molar-refractivity contribution in [2.45, 2.75) is 6.92 Å². The second-order valence-electron chi connectivity index (χ2n) is 4.05. The Morgan fingerprint density at radius 1 is 1.37 bits per heavy atom. The second kappa shape index (κ2) is 7.38. The van der Waals surface area contributed by atoms with E-state index in [1.54, 1.807) is 6.07 Å². The van der Waals surface area contributed by atoms with E-state index < -0.39 is 5.91 Å². The number of benzene rings is 1. The molecule has 0 atom stereocenters. The van der Waals surface area contributed by atoms with Gasteiger partial charge in [-0.15, -0.1) is 0 Å². The van der Waals surface area contributed by atoms with E-state index in [0.717, 1.165) is 11.3 Å². The van der Waals surface area contributed by atoms with E-state index in [2.05, 4.69) is 10.6 Å². The van der Waals surface area contributed by atoms with Crippen molar-refractivity contribution in [3.63, 3.8) is 0 Å². The van der Waals surface area contributed by atoms with Crippen LogP contribution in [0.3, 0.4) is 0 Å². The number of nitrogens with two attached hydrogens (primary N) is 1. The predicted octanol–water partition coefficient (Wildman–Crippen LogP) is 0.268. The van der Waals surface area contributed by atoms with Crippen LogP contribution in [0.4, 0.5) is 5.69 Å². The van der Waals surface area contributed by atoms with Crippen molar-refractivity contribution in [3.05, 3.63) is 29.3 Å². The summed E-state index contributed by atoms with van der Waals surface area (Å²) in [5, 5.41) is 5.72. The number of carbonyl (C=O) groups is 2. The second-order valence-corrected chi connectivity index (χ2v) is 4.05. The number of aryl methyl sites for hydroxylation is 1. The Hall–Kier alpha value is -2.08. The summed E-state index contributed by atoms with van der Waals surface area (Å²) < 4.78 is 4.95. The number of carbonyl (C=O) groups excluding carboxylic acids is 2. The molecule has 0 aromatic heterocycles. The molecule has 0 aliphatic heterocycles. The zero-order chi connectivity index (χ0) is 14.3. The fraction of sp³-hybridized carbons (Fsp3) is 0.385. The topological polar surface area (TPSA) is 93.4 Å². The summed E-state index contributed by atoms with van der Waals surface area (Å²) in [5.41, 5.74) is 7.38. The predicted molar refractivity (Wildman–Crippen MR) is 73.1 cm³/mol. The van der Waals surface area contributed by atoms with E-state index in [1.165, 1.54) is 0 Å². The Kier molecular flexibility index (Phi) is 5.81. The van der Waals surface area contributed by atoms with Crippen LogP contribution in [-0.4, -0.2) is 38.6 Å². The number of hydrogen-bond acceptors (Lipinski definition) is 4. The molecule has 0 saturated carbocycles. The third kappa shape index (κ3) is 4.97. The smallest absolute Gasteiger partial charge is 0.251 e. The fourth-order valence-electron chi connectivity index (χ4n) is 1.58. The Morgan fingerprint density at radius 3 is 2.68 bits per heavy atom. The summed E-state index contributed by atoms with van der Waals surface area (Å²) in [6.45, 7) is 2.33. The van der Waals surface area contributed by atoms with Gasteiger partial charge in [-0.25, -0.2) is 0 Å². The van der Waals surface area contributed by atoms with Gasteiger partial charge in [0.15, 0.2) is 0 Å². The lowest BCUT2D eigenvalue weighted by molar-refractivity contribution is -0.122. The third-order valence-corrected chi connectivity index (χ3v) is 2.54. The Bertz CT molecular complexity index is 460. The minimum Gasteiger partial charge on any atom is -0.388 e. The summed E-state index contributed by atoms with van der Waals surface area (Å²) in [6.07, 6.45) is 0. The molecule has 0 fully saturated rings. The van der Waals surface area contributed by atoms with Gasteiger partial charge in [-0.3, -0.25) is 9.59 Å². The molecule has 19 heavy (non-hydrogen) atoms. The summed E-state index contributed by atoms with van der Waals surface area (Å²) in [7, 11) is 1.82. The quantitative estimate of drug-likeness (QED) is 0.617. The molecule has 0 bridgehead atoms. The molecule has 1 aromatic carbocycles. The molecule has 0 saturated heterocycles. The summed E-state index contributed by atoms with van der Waals surface area (Å²) in [4.78, 5) is 22.3. The molecular formula is C13H19N3O3. The number of rotatable bonds is 7. The van der Waals surface area contributed by atoms with Gasteiger partial charge >= 0.3 is 0 Å². The van der Waals surface area contributed by atoms with Gasteiger partial charge in [-0.1, -0.05) is 0 Å². The molecule has 104 valence electrons. The van der Waals surface area contributed by atoms with Crippen LogP contribution in [0.2, 0.25) is 0 Å². The highest BCUT2D eigenvalue weighted by atomic mass is 16.5. The normalized spacial score (nSPS) is 10.0. The number of ether oxygens (including phenoxy) is 1. The van der Waals surface area contributed by atoms with Crippen LogP contribution >= 0.6 is 0 Å². The van der Waals surface area contributed by atoms with Crippen LogP contribution in [-0.2, 0) is 9.53 Å². The first-order valence-corrected chi connectivity index (χ1v) is 5.97. The van der Waals surface area contributed by atoms with E-state index in [9.17, 15) is 9.59 Å². The average Bonchev–Trinajstić information content (AvgIpc) is 2.37. The Labute approximate surface area is 112 Å². The van der Waals surface area contributed by atoms with Crippen molar-refractivity contribution in [2.75, 3.05) is 32.1 Å². The van der Waals surface area contributed by atoms with E-state index in [1.807, 2.05) is 26.1 Å². The van der Waals surface area contributed by atoms with Gasteiger partial charge in [0.05, 0.1) is 6.61 Å². The van der Waals surface area contributed by atoms with Crippen molar-refractivity contribution < 1.29 is 14.3 Å². The molecule has 0 aliphatic rings. The molecule has 4 N–H and O–H groups in total. The van der Waals surface area contributed by atoms with Crippen molar-refractivity contribution in [1.82, 2.24) is 5.32 Å². The summed E-state index contributed by atoms with van der Waals surface area (Å²) in [6, 6.07) is 5.50. The van der Waals surface area contributed by atoms with E-state index in [0.29, 0.717) is 12.1 Å². The first-order chi connectivity index (χ1) is 9.04. The highest BCUT2D eigenvalue weighted by Gasteiger charge is 2.08. The minimum absolute atomic E-state index is 0.133. The number of nitrogens with one attached hydrogen (secondary N) is 2. The first kappa shape index (κ1) is 15.0. The first-order valence-electron chi connectivity index (χ1n) is 5.97. The number of amides is 2. The van der Waals surface area contributed by atoms with Crippen LogP contribution in [0.1, 0.15) is 15.9 Å². The van der Waals surface area contributed by atoms with Gasteiger partial charge in [0.25, 0.3) is 5.91 Å². The third-order valence-electron chi connectivity index (χ3n) is 2.54. The lowest BCUT2D eigenvalue weighted by Gasteiger charge is -2.09. The van der Waals surface area contributed by atoms with Gasteiger partial charge in [-0.05, 0) is 30.7 Å². The molecule has 0 aliphatic carbocycles. The highest BCUT2D eigenvalue weighted by molar-refractivity contribution is 5.96. The molecule has 0 unspecified atom stereocenters. The monoisotopic (exact) mass is 265 g/mol. The lowest BCUT2D eigenvalue weighted by Crippen LogP contribution is -2.29. The van der Waals surface area contributed by atoms with Crippen LogP contribution in [0.15, 0.2) is 18.2 Å². The van der Waals surface area contributed by atoms with Crippen LogP contribution in [0.25, 0.3) is 0 Å². The van der Waals surface area contributed by atoms with Crippen molar-refractivity contribution in [3.8, 4) is 0 Å². The maximum absolute atomic E-state index is 11.9. The van der Waals surface area contributed by atoms with Crippen molar-refractivity contribution >= 4 is 17.5 Å². The zero-order valence-corrected chi connectivity index (χ0v) is 11.2. The molecule has 1 rings (SSSR count).